The standard InChI is InChI=1S/C17H23N5O2/c1-21-13-19-20-16(21)14-6-5-10-22(12-14)17(23)18-9-11-24-15-7-3-2-4-8-15/h2-4,7-8,13-14H,5-6,9-12H2,1H3,(H,18,23). The van der Waals surface area contributed by atoms with Gasteiger partial charge in [0.15, 0.2) is 0 Å². The molecule has 128 valence electrons. The highest BCUT2D eigenvalue weighted by Gasteiger charge is 2.27. The molecule has 7 heteroatoms. The van der Waals surface area contributed by atoms with E-state index < -0.39 is 0 Å². The highest BCUT2D eigenvalue weighted by Crippen LogP contribution is 2.24. The zero-order chi connectivity index (χ0) is 16.8. The molecule has 2 amide bonds. The highest BCUT2D eigenvalue weighted by atomic mass is 16.5. The molecule has 0 spiro atoms. The summed E-state index contributed by atoms with van der Waals surface area (Å²) in [7, 11) is 1.94. The van der Waals surface area contributed by atoms with Gasteiger partial charge in [-0.15, -0.1) is 10.2 Å². The quantitative estimate of drug-likeness (QED) is 0.849. The predicted molar refractivity (Wildman–Crippen MR) is 89.9 cm³/mol. The number of piperidine rings is 1. The molecule has 24 heavy (non-hydrogen) atoms. The first-order valence-corrected chi connectivity index (χ1v) is 8.28. The first kappa shape index (κ1) is 16.3. The van der Waals surface area contributed by atoms with Crippen LogP contribution < -0.4 is 10.1 Å². The lowest BCUT2D eigenvalue weighted by Crippen LogP contribution is -2.46. The minimum Gasteiger partial charge on any atom is -0.492 e. The monoisotopic (exact) mass is 329 g/mol. The lowest BCUT2D eigenvalue weighted by molar-refractivity contribution is 0.175. The number of carbonyl (C=O) groups excluding carboxylic acids is 1. The van der Waals surface area contributed by atoms with Gasteiger partial charge in [-0.25, -0.2) is 4.79 Å². The number of amides is 2. The van der Waals surface area contributed by atoms with Crippen LogP contribution in [0, 0.1) is 0 Å². The van der Waals surface area contributed by atoms with Crippen molar-refractivity contribution in [2.75, 3.05) is 26.2 Å². The number of carbonyl (C=O) groups is 1. The van der Waals surface area contributed by atoms with E-state index in [4.69, 9.17) is 4.74 Å². The first-order chi connectivity index (χ1) is 11.7. The number of ether oxygens (including phenoxy) is 1. The van der Waals surface area contributed by atoms with E-state index in [0.29, 0.717) is 19.7 Å². The maximum Gasteiger partial charge on any atom is 0.317 e. The SMILES string of the molecule is Cn1cnnc1C1CCCN(C(=O)NCCOc2ccccc2)C1. The summed E-state index contributed by atoms with van der Waals surface area (Å²) >= 11 is 0. The molecule has 1 unspecified atom stereocenters. The number of aromatic nitrogens is 3. The second-order valence-electron chi connectivity index (χ2n) is 5.98. The van der Waals surface area contributed by atoms with Crippen molar-refractivity contribution in [3.63, 3.8) is 0 Å². The van der Waals surface area contributed by atoms with Gasteiger partial charge >= 0.3 is 6.03 Å². The van der Waals surface area contributed by atoms with Crippen LogP contribution in [0.15, 0.2) is 36.7 Å². The molecule has 3 rings (SSSR count). The molecule has 0 radical (unpaired) electrons. The van der Waals surface area contributed by atoms with Crippen LogP contribution in [-0.2, 0) is 7.05 Å². The molecule has 1 aromatic heterocycles. The van der Waals surface area contributed by atoms with E-state index in [-0.39, 0.29) is 11.9 Å². The smallest absolute Gasteiger partial charge is 0.317 e. The van der Waals surface area contributed by atoms with Gasteiger partial charge in [-0.2, -0.15) is 0 Å². The van der Waals surface area contributed by atoms with Crippen molar-refractivity contribution in [1.82, 2.24) is 25.0 Å². The summed E-state index contributed by atoms with van der Waals surface area (Å²) in [5.74, 6) is 2.00. The Bertz CT molecular complexity index is 658. The zero-order valence-electron chi connectivity index (χ0n) is 13.9. The van der Waals surface area contributed by atoms with Crippen LogP contribution in [-0.4, -0.2) is 51.9 Å². The molecule has 0 aliphatic carbocycles. The van der Waals surface area contributed by atoms with E-state index in [1.165, 1.54) is 0 Å². The van der Waals surface area contributed by atoms with Crippen LogP contribution in [0.4, 0.5) is 4.79 Å². The highest BCUT2D eigenvalue weighted by molar-refractivity contribution is 5.74. The molecule has 1 fully saturated rings. The van der Waals surface area contributed by atoms with E-state index in [1.807, 2.05) is 46.8 Å². The Hall–Kier alpha value is -2.57. The summed E-state index contributed by atoms with van der Waals surface area (Å²) in [6, 6.07) is 9.55. The number of aryl methyl sites for hydroxylation is 1. The number of para-hydroxylation sites is 1. The van der Waals surface area contributed by atoms with Gasteiger partial charge in [-0.3, -0.25) is 0 Å². The molecule has 2 aromatic rings. The normalized spacial score (nSPS) is 17.5. The van der Waals surface area contributed by atoms with Crippen molar-refractivity contribution in [2.45, 2.75) is 18.8 Å². The number of hydrogen-bond acceptors (Lipinski definition) is 4. The van der Waals surface area contributed by atoms with Gasteiger partial charge in [0.1, 0.15) is 24.5 Å². The Morgan fingerprint density at radius 2 is 2.21 bits per heavy atom. The largest absolute Gasteiger partial charge is 0.492 e. The average molecular weight is 329 g/mol. The second-order valence-corrected chi connectivity index (χ2v) is 5.98. The average Bonchev–Trinajstić information content (AvgIpc) is 3.05. The number of likely N-dealkylation sites (tertiary alicyclic amines) is 1. The first-order valence-electron chi connectivity index (χ1n) is 8.28. The Morgan fingerprint density at radius 1 is 1.38 bits per heavy atom. The summed E-state index contributed by atoms with van der Waals surface area (Å²) in [6.45, 7) is 2.40. The van der Waals surface area contributed by atoms with Crippen LogP contribution in [0.25, 0.3) is 0 Å². The van der Waals surface area contributed by atoms with Gasteiger partial charge in [0.25, 0.3) is 0 Å². The second kappa shape index (κ2) is 7.81. The maximum absolute atomic E-state index is 12.3. The van der Waals surface area contributed by atoms with E-state index >= 15 is 0 Å². The van der Waals surface area contributed by atoms with Gasteiger partial charge in [0.05, 0.1) is 6.54 Å². The molecule has 0 saturated carbocycles. The number of hydrogen-bond donors (Lipinski definition) is 1. The number of benzene rings is 1. The third kappa shape index (κ3) is 4.04. The maximum atomic E-state index is 12.3. The zero-order valence-corrected chi connectivity index (χ0v) is 13.9. The molecule has 2 heterocycles. The number of nitrogens with one attached hydrogen (secondary N) is 1. The molecule has 1 saturated heterocycles. The third-order valence-corrected chi connectivity index (χ3v) is 4.21. The van der Waals surface area contributed by atoms with Gasteiger partial charge in [0, 0.05) is 26.1 Å². The molecule has 1 aliphatic rings. The van der Waals surface area contributed by atoms with Crippen LogP contribution in [0.5, 0.6) is 5.75 Å². The fraction of sp³-hybridized carbons (Fsp3) is 0.471. The van der Waals surface area contributed by atoms with Crippen LogP contribution in [0.1, 0.15) is 24.6 Å². The molecular weight excluding hydrogens is 306 g/mol. The molecule has 0 bridgehead atoms. The minimum absolute atomic E-state index is 0.0430. The lowest BCUT2D eigenvalue weighted by atomic mass is 9.97. The Balaban J connectivity index is 1.44. The van der Waals surface area contributed by atoms with Gasteiger partial charge < -0.3 is 19.5 Å². The fourth-order valence-corrected chi connectivity index (χ4v) is 2.99. The summed E-state index contributed by atoms with van der Waals surface area (Å²) in [5.41, 5.74) is 0. The Morgan fingerprint density at radius 3 is 2.96 bits per heavy atom. The molecule has 1 aromatic carbocycles. The van der Waals surface area contributed by atoms with E-state index in [1.54, 1.807) is 6.33 Å². The summed E-state index contributed by atoms with van der Waals surface area (Å²) in [5, 5.41) is 11.0. The van der Waals surface area contributed by atoms with Gasteiger partial charge in [-0.05, 0) is 25.0 Å². The van der Waals surface area contributed by atoms with Crippen molar-refractivity contribution < 1.29 is 9.53 Å². The van der Waals surface area contributed by atoms with Crippen molar-refractivity contribution in [1.29, 1.82) is 0 Å². The number of nitrogens with zero attached hydrogens (tertiary/aromatic N) is 4. The Labute approximate surface area is 141 Å². The summed E-state index contributed by atoms with van der Waals surface area (Å²) in [6.07, 6.45) is 3.72. The molecule has 7 nitrogen and oxygen atoms in total. The van der Waals surface area contributed by atoms with Crippen molar-refractivity contribution in [2.24, 2.45) is 7.05 Å². The van der Waals surface area contributed by atoms with Crippen molar-refractivity contribution in [3.8, 4) is 5.75 Å². The van der Waals surface area contributed by atoms with Crippen molar-refractivity contribution in [3.05, 3.63) is 42.5 Å². The van der Waals surface area contributed by atoms with Crippen LogP contribution >= 0.6 is 0 Å². The molecule has 1 aliphatic heterocycles. The van der Waals surface area contributed by atoms with Crippen LogP contribution in [0.3, 0.4) is 0 Å². The molecular formula is C17H23N5O2. The van der Waals surface area contributed by atoms with Gasteiger partial charge in [0.2, 0.25) is 0 Å². The van der Waals surface area contributed by atoms with E-state index in [9.17, 15) is 4.79 Å². The third-order valence-electron chi connectivity index (χ3n) is 4.21. The Kier molecular flexibility index (Phi) is 5.30. The van der Waals surface area contributed by atoms with Crippen molar-refractivity contribution >= 4 is 6.03 Å². The van der Waals surface area contributed by atoms with E-state index in [2.05, 4.69) is 15.5 Å². The van der Waals surface area contributed by atoms with Gasteiger partial charge in [-0.1, -0.05) is 18.2 Å². The topological polar surface area (TPSA) is 72.3 Å². The molecule has 1 atom stereocenters. The number of urea groups is 1. The number of rotatable bonds is 5. The van der Waals surface area contributed by atoms with E-state index in [0.717, 1.165) is 31.0 Å². The summed E-state index contributed by atoms with van der Waals surface area (Å²) < 4.78 is 7.51. The molecule has 1 N–H and O–H groups in total. The lowest BCUT2D eigenvalue weighted by Gasteiger charge is -2.32. The minimum atomic E-state index is -0.0430. The summed E-state index contributed by atoms with van der Waals surface area (Å²) in [4.78, 5) is 14.2. The fourth-order valence-electron chi connectivity index (χ4n) is 2.99. The predicted octanol–water partition coefficient (Wildman–Crippen LogP) is 1.78. The van der Waals surface area contributed by atoms with Crippen LogP contribution in [0.2, 0.25) is 0 Å².